The van der Waals surface area contributed by atoms with E-state index in [1.807, 2.05) is 0 Å². The van der Waals surface area contributed by atoms with Crippen LogP contribution in [0.25, 0.3) is 0 Å². The number of hydrogen-bond donors (Lipinski definition) is 0. The van der Waals surface area contributed by atoms with E-state index in [4.69, 9.17) is 9.47 Å². The summed E-state index contributed by atoms with van der Waals surface area (Å²) in [6.07, 6.45) is 1.72. The van der Waals surface area contributed by atoms with Crippen molar-refractivity contribution in [3.05, 3.63) is 58.5 Å². The van der Waals surface area contributed by atoms with Gasteiger partial charge in [0.2, 0.25) is 5.78 Å². The van der Waals surface area contributed by atoms with Gasteiger partial charge in [0, 0.05) is 18.3 Å². The van der Waals surface area contributed by atoms with Crippen LogP contribution in [-0.4, -0.2) is 23.6 Å². The molecule has 0 amide bonds. The monoisotopic (exact) mass is 271 g/mol. The van der Waals surface area contributed by atoms with E-state index in [1.165, 1.54) is 6.07 Å². The lowest BCUT2D eigenvalue weighted by atomic mass is 10.1. The van der Waals surface area contributed by atoms with Crippen LogP contribution in [0.4, 0.5) is 0 Å². The third-order valence-electron chi connectivity index (χ3n) is 3.11. The molecule has 1 aromatic carbocycles. The first-order chi connectivity index (χ1) is 9.74. The Kier molecular flexibility index (Phi) is 3.25. The van der Waals surface area contributed by atoms with Crippen molar-refractivity contribution in [3.63, 3.8) is 0 Å². The van der Waals surface area contributed by atoms with E-state index in [0.717, 1.165) is 0 Å². The van der Waals surface area contributed by atoms with Gasteiger partial charge in [0.05, 0.1) is 12.1 Å². The van der Waals surface area contributed by atoms with Crippen LogP contribution in [-0.2, 0) is 6.54 Å². The number of rotatable bonds is 4. The molecule has 0 aliphatic carbocycles. The number of fused-ring (bicyclic) bond motifs is 1. The minimum Gasteiger partial charge on any atom is -0.492 e. The molecule has 0 radical (unpaired) electrons. The summed E-state index contributed by atoms with van der Waals surface area (Å²) in [6, 6.07) is 10.2. The van der Waals surface area contributed by atoms with Gasteiger partial charge in [-0.2, -0.15) is 0 Å². The lowest BCUT2D eigenvalue weighted by molar-refractivity contribution is 0.0961. The number of pyridine rings is 1. The van der Waals surface area contributed by atoms with Crippen molar-refractivity contribution in [1.82, 2.24) is 4.57 Å². The van der Waals surface area contributed by atoms with Crippen molar-refractivity contribution < 1.29 is 14.3 Å². The SMILES string of the molecule is O=C1COc2cc(OCCn3ccccc3=O)ccc21. The predicted molar refractivity (Wildman–Crippen MR) is 72.5 cm³/mol. The number of Topliss-reactive ketones (excluding diaryl/α,β-unsaturated/α-hetero) is 1. The van der Waals surface area contributed by atoms with Crippen molar-refractivity contribution in [2.45, 2.75) is 6.54 Å². The lowest BCUT2D eigenvalue weighted by Gasteiger charge is -2.08. The first kappa shape index (κ1) is 12.5. The number of aromatic nitrogens is 1. The summed E-state index contributed by atoms with van der Waals surface area (Å²) in [5.41, 5.74) is 0.538. The summed E-state index contributed by atoms with van der Waals surface area (Å²) >= 11 is 0. The summed E-state index contributed by atoms with van der Waals surface area (Å²) in [6.45, 7) is 0.936. The lowest BCUT2D eigenvalue weighted by Crippen LogP contribution is -2.21. The molecule has 2 heterocycles. The summed E-state index contributed by atoms with van der Waals surface area (Å²) < 4.78 is 12.4. The zero-order valence-electron chi connectivity index (χ0n) is 10.7. The van der Waals surface area contributed by atoms with Gasteiger partial charge < -0.3 is 14.0 Å². The van der Waals surface area contributed by atoms with Crippen LogP contribution >= 0.6 is 0 Å². The first-order valence-electron chi connectivity index (χ1n) is 6.32. The van der Waals surface area contributed by atoms with Crippen LogP contribution in [0.5, 0.6) is 11.5 Å². The predicted octanol–water partition coefficient (Wildman–Crippen LogP) is 1.50. The Balaban J connectivity index is 1.64. The highest BCUT2D eigenvalue weighted by Crippen LogP contribution is 2.29. The van der Waals surface area contributed by atoms with Crippen molar-refractivity contribution in [1.29, 1.82) is 0 Å². The smallest absolute Gasteiger partial charge is 0.250 e. The van der Waals surface area contributed by atoms with Crippen molar-refractivity contribution in [2.75, 3.05) is 13.2 Å². The third kappa shape index (κ3) is 2.42. The van der Waals surface area contributed by atoms with Gasteiger partial charge in [-0.25, -0.2) is 0 Å². The molecule has 5 heteroatoms. The van der Waals surface area contributed by atoms with Crippen molar-refractivity contribution in [2.24, 2.45) is 0 Å². The van der Waals surface area contributed by atoms with Gasteiger partial charge in [0.1, 0.15) is 18.1 Å². The standard InChI is InChI=1S/C15H13NO4/c17-13-10-20-14-9-11(4-5-12(13)14)19-8-7-16-6-2-1-3-15(16)18/h1-6,9H,7-8,10H2. The largest absolute Gasteiger partial charge is 0.492 e. The van der Waals surface area contributed by atoms with Crippen LogP contribution in [0.3, 0.4) is 0 Å². The Morgan fingerprint density at radius 3 is 2.95 bits per heavy atom. The van der Waals surface area contributed by atoms with Crippen LogP contribution in [0.1, 0.15) is 10.4 Å². The molecule has 0 unspecified atom stereocenters. The number of carbonyl (C=O) groups excluding carboxylic acids is 1. The van der Waals surface area contributed by atoms with Gasteiger partial charge in [-0.1, -0.05) is 6.07 Å². The number of ketones is 1. The molecular formula is C15H13NO4. The number of nitrogens with zero attached hydrogens (tertiary/aromatic N) is 1. The van der Waals surface area contributed by atoms with E-state index in [9.17, 15) is 9.59 Å². The molecule has 0 atom stereocenters. The molecule has 102 valence electrons. The van der Waals surface area contributed by atoms with Gasteiger partial charge in [0.15, 0.2) is 6.61 Å². The number of ether oxygens (including phenoxy) is 2. The van der Waals surface area contributed by atoms with E-state index < -0.39 is 0 Å². The Labute approximate surface area is 115 Å². The fraction of sp³-hybridized carbons (Fsp3) is 0.200. The highest BCUT2D eigenvalue weighted by Gasteiger charge is 2.21. The minimum atomic E-state index is -0.0565. The van der Waals surface area contributed by atoms with Crippen molar-refractivity contribution in [3.8, 4) is 11.5 Å². The molecule has 0 N–H and O–H groups in total. The molecule has 0 fully saturated rings. The van der Waals surface area contributed by atoms with Gasteiger partial charge >= 0.3 is 0 Å². The number of carbonyl (C=O) groups is 1. The Morgan fingerprint density at radius 1 is 1.20 bits per heavy atom. The molecule has 0 spiro atoms. The van der Waals surface area contributed by atoms with Gasteiger partial charge in [-0.3, -0.25) is 9.59 Å². The quantitative estimate of drug-likeness (QED) is 0.845. The molecular weight excluding hydrogens is 258 g/mol. The summed E-state index contributed by atoms with van der Waals surface area (Å²) in [5, 5.41) is 0. The topological polar surface area (TPSA) is 57.5 Å². The van der Waals surface area contributed by atoms with Crippen LogP contribution in [0, 0.1) is 0 Å². The average molecular weight is 271 g/mol. The second-order valence-corrected chi connectivity index (χ2v) is 4.45. The van der Waals surface area contributed by atoms with E-state index >= 15 is 0 Å². The molecule has 0 saturated heterocycles. The maximum atomic E-state index is 11.5. The molecule has 3 rings (SSSR count). The van der Waals surface area contributed by atoms with Gasteiger partial charge in [-0.15, -0.1) is 0 Å². The highest BCUT2D eigenvalue weighted by molar-refractivity contribution is 6.02. The fourth-order valence-electron chi connectivity index (χ4n) is 2.07. The minimum absolute atomic E-state index is 0.0117. The Bertz CT molecular complexity index is 705. The molecule has 1 aliphatic rings. The first-order valence-corrected chi connectivity index (χ1v) is 6.32. The van der Waals surface area contributed by atoms with E-state index in [-0.39, 0.29) is 17.9 Å². The summed E-state index contributed by atoms with van der Waals surface area (Å²) in [7, 11) is 0. The third-order valence-corrected chi connectivity index (χ3v) is 3.11. The maximum Gasteiger partial charge on any atom is 0.250 e. The number of hydrogen-bond acceptors (Lipinski definition) is 4. The maximum absolute atomic E-state index is 11.5. The normalized spacial score (nSPS) is 12.9. The van der Waals surface area contributed by atoms with E-state index in [1.54, 1.807) is 41.1 Å². The van der Waals surface area contributed by atoms with Crippen LogP contribution < -0.4 is 15.0 Å². The second-order valence-electron chi connectivity index (χ2n) is 4.45. The van der Waals surface area contributed by atoms with E-state index in [2.05, 4.69) is 0 Å². The van der Waals surface area contributed by atoms with E-state index in [0.29, 0.717) is 30.2 Å². The zero-order valence-corrected chi connectivity index (χ0v) is 10.7. The van der Waals surface area contributed by atoms with Gasteiger partial charge in [-0.05, 0) is 18.2 Å². The molecule has 2 aromatic rings. The van der Waals surface area contributed by atoms with Gasteiger partial charge in [0.25, 0.3) is 5.56 Å². The summed E-state index contributed by atoms with van der Waals surface area (Å²) in [4.78, 5) is 22.9. The Hall–Kier alpha value is -2.56. The molecule has 0 saturated carbocycles. The van der Waals surface area contributed by atoms with Crippen LogP contribution in [0.2, 0.25) is 0 Å². The van der Waals surface area contributed by atoms with Crippen LogP contribution in [0.15, 0.2) is 47.4 Å². The average Bonchev–Trinajstić information content (AvgIpc) is 2.82. The molecule has 0 bridgehead atoms. The fourth-order valence-corrected chi connectivity index (χ4v) is 2.07. The molecule has 20 heavy (non-hydrogen) atoms. The molecule has 5 nitrogen and oxygen atoms in total. The molecule has 1 aliphatic heterocycles. The highest BCUT2D eigenvalue weighted by atomic mass is 16.5. The van der Waals surface area contributed by atoms with Crippen molar-refractivity contribution >= 4 is 5.78 Å². The zero-order chi connectivity index (χ0) is 13.9. The Morgan fingerprint density at radius 2 is 2.10 bits per heavy atom. The second kappa shape index (κ2) is 5.21. The number of benzene rings is 1. The summed E-state index contributed by atoms with van der Waals surface area (Å²) in [5.74, 6) is 1.18. The molecule has 1 aromatic heterocycles.